The predicted molar refractivity (Wildman–Crippen MR) is 76.2 cm³/mol. The van der Waals surface area contributed by atoms with Crippen LogP contribution in [0.3, 0.4) is 0 Å². The van der Waals surface area contributed by atoms with Crippen molar-refractivity contribution in [1.29, 1.82) is 0 Å². The van der Waals surface area contributed by atoms with Gasteiger partial charge >= 0.3 is 0 Å². The number of hydrogen-bond acceptors (Lipinski definition) is 2. The summed E-state index contributed by atoms with van der Waals surface area (Å²) in [6, 6.07) is 4.15. The van der Waals surface area contributed by atoms with Crippen molar-refractivity contribution in [2.75, 3.05) is 5.73 Å². The summed E-state index contributed by atoms with van der Waals surface area (Å²) >= 11 is 1.62. The van der Waals surface area contributed by atoms with Gasteiger partial charge in [-0.2, -0.15) is 0 Å². The second-order valence-electron chi connectivity index (χ2n) is 3.73. The van der Waals surface area contributed by atoms with E-state index in [0.717, 1.165) is 18.2 Å². The molecule has 0 radical (unpaired) electrons. The second-order valence-corrected chi connectivity index (χ2v) is 4.81. The minimum absolute atomic E-state index is 0.0199. The molecule has 0 aliphatic heterocycles. The quantitative estimate of drug-likeness (QED) is 0.352. The van der Waals surface area contributed by atoms with Crippen LogP contribution in [-0.2, 0) is 0 Å². The van der Waals surface area contributed by atoms with Crippen molar-refractivity contribution in [3.05, 3.63) is 56.7 Å². The van der Waals surface area contributed by atoms with Crippen LogP contribution in [0.25, 0.3) is 4.85 Å². The van der Waals surface area contributed by atoms with Crippen LogP contribution in [0.1, 0.15) is 0 Å². The molecule has 2 N–H and O–H groups in total. The van der Waals surface area contributed by atoms with Gasteiger partial charge in [0.1, 0.15) is 11.6 Å². The molecule has 0 amide bonds. The second kappa shape index (κ2) is 5.58. The fourth-order valence-electron chi connectivity index (χ4n) is 1.45. The third-order valence-corrected chi connectivity index (χ3v) is 3.50. The Bertz CT molecular complexity index is 729. The van der Waals surface area contributed by atoms with Crippen molar-refractivity contribution in [3.63, 3.8) is 0 Å². The lowest BCUT2D eigenvalue weighted by molar-refractivity contribution is 0.405. The lowest BCUT2D eigenvalue weighted by Crippen LogP contribution is -2.00. The Hall–Kier alpha value is -1.95. The molecule has 0 fully saturated rings. The molecule has 2 aromatic carbocycles. The van der Waals surface area contributed by atoms with E-state index in [0.29, 0.717) is 0 Å². The van der Waals surface area contributed by atoms with Crippen LogP contribution in [0.5, 0.6) is 11.5 Å². The largest absolute Gasteiger partial charge is 0.452 e. The minimum Gasteiger partial charge on any atom is -0.452 e. The monoisotopic (exact) mass is 390 g/mol. The summed E-state index contributed by atoms with van der Waals surface area (Å²) < 4.78 is 45.8. The smallest absolute Gasteiger partial charge is 0.225 e. The molecule has 0 unspecified atom stereocenters. The van der Waals surface area contributed by atoms with Crippen molar-refractivity contribution in [3.8, 4) is 11.5 Å². The number of nitrogens with zero attached hydrogens (tertiary/aromatic N) is 1. The molecule has 0 spiro atoms. The van der Waals surface area contributed by atoms with Crippen LogP contribution < -0.4 is 10.5 Å². The summed E-state index contributed by atoms with van der Waals surface area (Å²) in [5, 5.41) is 0. The first-order chi connectivity index (χ1) is 9.43. The number of anilines is 1. The highest BCUT2D eigenvalue weighted by Crippen LogP contribution is 2.34. The van der Waals surface area contributed by atoms with Gasteiger partial charge in [-0.1, -0.05) is 0 Å². The minimum atomic E-state index is -0.978. The molecule has 0 atom stereocenters. The van der Waals surface area contributed by atoms with Crippen molar-refractivity contribution < 1.29 is 17.9 Å². The molecule has 0 saturated carbocycles. The summed E-state index contributed by atoms with van der Waals surface area (Å²) in [7, 11) is 0. The van der Waals surface area contributed by atoms with Gasteiger partial charge in [0.05, 0.1) is 15.8 Å². The number of hydrogen-bond donors (Lipinski definition) is 1. The number of benzene rings is 2. The molecule has 0 heterocycles. The number of nitrogens with two attached hydrogens (primary N) is 1. The van der Waals surface area contributed by atoms with Gasteiger partial charge in [0.2, 0.25) is 5.69 Å². The van der Waals surface area contributed by atoms with Crippen molar-refractivity contribution in [2.24, 2.45) is 0 Å². The van der Waals surface area contributed by atoms with Gasteiger partial charge in [0.25, 0.3) is 0 Å². The Balaban J connectivity index is 2.46. The molecule has 2 rings (SSSR count). The van der Waals surface area contributed by atoms with Crippen LogP contribution in [0.15, 0.2) is 24.3 Å². The Labute approximate surface area is 126 Å². The van der Waals surface area contributed by atoms with E-state index in [9.17, 15) is 13.2 Å². The van der Waals surface area contributed by atoms with Crippen LogP contribution in [-0.4, -0.2) is 0 Å². The van der Waals surface area contributed by atoms with Crippen LogP contribution >= 0.6 is 22.6 Å². The number of halogens is 4. The molecule has 7 heteroatoms. The Kier molecular flexibility index (Phi) is 4.04. The van der Waals surface area contributed by atoms with Crippen LogP contribution in [0, 0.1) is 27.6 Å². The van der Waals surface area contributed by atoms with Gasteiger partial charge in [0.15, 0.2) is 17.4 Å². The Morgan fingerprint density at radius 3 is 2.50 bits per heavy atom. The first kappa shape index (κ1) is 14.5. The Morgan fingerprint density at radius 1 is 1.15 bits per heavy atom. The van der Waals surface area contributed by atoms with E-state index in [1.807, 2.05) is 0 Å². The molecule has 0 saturated heterocycles. The van der Waals surface area contributed by atoms with Gasteiger partial charge in [-0.05, 0) is 40.8 Å². The zero-order valence-corrected chi connectivity index (χ0v) is 11.9. The molecular formula is C13H6F3IN2O. The van der Waals surface area contributed by atoms with Gasteiger partial charge in [-0.25, -0.2) is 18.0 Å². The van der Waals surface area contributed by atoms with Gasteiger partial charge < -0.3 is 10.5 Å². The first-order valence-electron chi connectivity index (χ1n) is 5.22. The summed E-state index contributed by atoms with van der Waals surface area (Å²) in [6.45, 7) is 6.77. The summed E-state index contributed by atoms with van der Waals surface area (Å²) in [6.07, 6.45) is 0. The maximum Gasteiger partial charge on any atom is 0.225 e. The highest BCUT2D eigenvalue weighted by Gasteiger charge is 2.18. The zero-order valence-electron chi connectivity index (χ0n) is 9.75. The first-order valence-corrected chi connectivity index (χ1v) is 6.29. The van der Waals surface area contributed by atoms with Crippen molar-refractivity contribution in [2.45, 2.75) is 0 Å². The average molecular weight is 390 g/mol. The average Bonchev–Trinajstić information content (AvgIpc) is 2.43. The molecular weight excluding hydrogens is 384 g/mol. The highest BCUT2D eigenvalue weighted by atomic mass is 127. The molecule has 0 bridgehead atoms. The van der Waals surface area contributed by atoms with Crippen LogP contribution in [0.4, 0.5) is 24.5 Å². The molecule has 3 nitrogen and oxygen atoms in total. The topological polar surface area (TPSA) is 39.6 Å². The summed E-state index contributed by atoms with van der Waals surface area (Å²) in [5.74, 6) is -3.35. The fraction of sp³-hybridized carbons (Fsp3) is 0. The maximum atomic E-state index is 13.9. The number of rotatable bonds is 2. The van der Waals surface area contributed by atoms with E-state index >= 15 is 0 Å². The SMILES string of the molecule is [C-]#[N+]c1cc(Oc2c(F)cc(N)c(I)c2F)ccc1F. The number of ether oxygens (including phenoxy) is 1. The van der Waals surface area contributed by atoms with E-state index in [1.165, 1.54) is 6.07 Å². The van der Waals surface area contributed by atoms with Gasteiger partial charge in [-0.15, -0.1) is 0 Å². The normalized spacial score (nSPS) is 10.2. The zero-order chi connectivity index (χ0) is 14.9. The standard InChI is InChI=1S/C13H6F3IN2O/c1-19-10-4-6(2-3-7(10)14)20-13-8(15)5-9(18)12(17)11(13)16/h2-5H,18H2. The van der Waals surface area contributed by atoms with E-state index in [2.05, 4.69) is 4.85 Å². The Morgan fingerprint density at radius 2 is 1.85 bits per heavy atom. The maximum absolute atomic E-state index is 13.9. The third kappa shape index (κ3) is 2.65. The molecule has 0 aliphatic carbocycles. The molecule has 102 valence electrons. The summed E-state index contributed by atoms with van der Waals surface area (Å²) in [5.41, 5.74) is 5.07. The van der Waals surface area contributed by atoms with E-state index in [1.54, 1.807) is 22.6 Å². The van der Waals surface area contributed by atoms with Crippen molar-refractivity contribution in [1.82, 2.24) is 0 Å². The predicted octanol–water partition coefficient (Wildman–Crippen LogP) is 4.63. The summed E-state index contributed by atoms with van der Waals surface area (Å²) in [4.78, 5) is 2.93. The van der Waals surface area contributed by atoms with Crippen molar-refractivity contribution >= 4 is 34.0 Å². The lowest BCUT2D eigenvalue weighted by Gasteiger charge is -2.11. The highest BCUT2D eigenvalue weighted by molar-refractivity contribution is 14.1. The fourth-order valence-corrected chi connectivity index (χ4v) is 1.85. The van der Waals surface area contributed by atoms with E-state index < -0.39 is 23.2 Å². The van der Waals surface area contributed by atoms with E-state index in [-0.39, 0.29) is 20.7 Å². The van der Waals surface area contributed by atoms with Gasteiger partial charge in [0, 0.05) is 6.07 Å². The third-order valence-electron chi connectivity index (χ3n) is 2.40. The van der Waals surface area contributed by atoms with Crippen LogP contribution in [0.2, 0.25) is 0 Å². The molecule has 20 heavy (non-hydrogen) atoms. The molecule has 2 aromatic rings. The van der Waals surface area contributed by atoms with Gasteiger partial charge in [-0.3, -0.25) is 0 Å². The lowest BCUT2D eigenvalue weighted by atomic mass is 10.2. The van der Waals surface area contributed by atoms with E-state index in [4.69, 9.17) is 17.0 Å². The molecule has 0 aliphatic rings. The molecule has 0 aromatic heterocycles. The number of nitrogen functional groups attached to an aromatic ring is 1.